The average Bonchev–Trinajstić information content (AvgIpc) is 1.63. The van der Waals surface area contributed by atoms with Crippen LogP contribution in [0.3, 0.4) is 0 Å². The average molecular weight is 1350 g/mol. The zero-order chi connectivity index (χ0) is 68.2. The Morgan fingerprint density at radius 2 is 0.485 bits per heavy atom. The van der Waals surface area contributed by atoms with E-state index < -0.39 is 7.12 Å². The summed E-state index contributed by atoms with van der Waals surface area (Å²) in [4.78, 5) is 27.8. The van der Waals surface area contributed by atoms with Gasteiger partial charge in [-0.2, -0.15) is 9.97 Å². The minimum absolute atomic E-state index is 0. The van der Waals surface area contributed by atoms with E-state index in [0.29, 0.717) is 34.6 Å². The number of nitrogens with zero attached hydrogens (tertiary/aromatic N) is 6. The lowest BCUT2D eigenvalue weighted by atomic mass is 9.75. The van der Waals surface area contributed by atoms with Crippen LogP contribution in [0.1, 0.15) is 7.43 Å². The van der Waals surface area contributed by atoms with Gasteiger partial charge in [-0.25, -0.2) is 19.9 Å². The molecule has 0 saturated carbocycles. The Kier molecular flexibility index (Phi) is 16.6. The van der Waals surface area contributed by atoms with Crippen molar-refractivity contribution < 1.29 is 18.9 Å². The number of fused-ring (bicyclic) bond motifs is 20. The van der Waals surface area contributed by atoms with Crippen LogP contribution < -0.4 is 5.46 Å². The predicted molar refractivity (Wildman–Crippen MR) is 425 cm³/mol. The van der Waals surface area contributed by atoms with Gasteiger partial charge in [-0.05, 0) is 94.2 Å². The molecule has 16 aromatic carbocycles. The third-order valence-corrected chi connectivity index (χ3v) is 19.3. The number of aromatic nitrogens is 6. The Hall–Kier alpha value is -13.0. The van der Waals surface area contributed by atoms with E-state index in [9.17, 15) is 10.0 Å². The van der Waals surface area contributed by atoms with Gasteiger partial charge in [0.25, 0.3) is 0 Å². The van der Waals surface area contributed by atoms with Crippen LogP contribution in [0.5, 0.6) is 0 Å². The summed E-state index contributed by atoms with van der Waals surface area (Å²) in [6.45, 7) is 0. The summed E-state index contributed by atoms with van der Waals surface area (Å²) in [6, 6.07) is 111. The molecule has 4 aromatic heterocycles. The summed E-state index contributed by atoms with van der Waals surface area (Å²) in [7, 11) is -1.56. The molecule has 10 nitrogen and oxygen atoms in total. The van der Waals surface area contributed by atoms with E-state index in [4.69, 9.17) is 35.4 Å². The topological polar surface area (TPSA) is 144 Å². The highest BCUT2D eigenvalue weighted by atomic mass is 35.5. The van der Waals surface area contributed by atoms with Gasteiger partial charge >= 0.3 is 7.12 Å². The Morgan fingerprint density at radius 3 is 0.883 bits per heavy atom. The van der Waals surface area contributed by atoms with E-state index in [0.717, 1.165) is 115 Å². The maximum absolute atomic E-state index is 9.96. The molecule has 20 rings (SSSR count). The third-order valence-electron chi connectivity index (χ3n) is 19.1. The fourth-order valence-corrected chi connectivity index (χ4v) is 14.7. The van der Waals surface area contributed by atoms with Crippen molar-refractivity contribution in [3.05, 3.63) is 333 Å². The molecule has 0 fully saturated rings. The van der Waals surface area contributed by atoms with Gasteiger partial charge in [0.2, 0.25) is 5.28 Å². The van der Waals surface area contributed by atoms with Gasteiger partial charge in [-0.3, -0.25) is 0 Å². The Bertz CT molecular complexity index is 6450. The minimum Gasteiger partial charge on any atom is -0.455 e. The fraction of sp³-hybridized carbons (Fsp3) is 0.0110. The van der Waals surface area contributed by atoms with E-state index >= 15 is 0 Å². The van der Waals surface area contributed by atoms with Crippen molar-refractivity contribution in [3.8, 4) is 79.2 Å². The number of benzene rings is 16. The number of halogens is 1. The molecule has 12 heteroatoms. The van der Waals surface area contributed by atoms with Crippen LogP contribution in [0.15, 0.2) is 336 Å². The van der Waals surface area contributed by atoms with E-state index in [-0.39, 0.29) is 12.7 Å². The molecule has 0 aliphatic carbocycles. The molecule has 0 atom stereocenters. The first-order valence-electron chi connectivity index (χ1n) is 33.7. The van der Waals surface area contributed by atoms with Crippen molar-refractivity contribution in [3.63, 3.8) is 0 Å². The summed E-state index contributed by atoms with van der Waals surface area (Å²) in [5, 5.41) is 38.6. The summed E-state index contributed by atoms with van der Waals surface area (Å²) in [6.07, 6.45) is 0. The van der Waals surface area contributed by atoms with E-state index in [1.54, 1.807) is 6.07 Å². The molecule has 0 aliphatic rings. The second-order valence-corrected chi connectivity index (χ2v) is 25.3. The molecule has 0 unspecified atom stereocenters. The summed E-state index contributed by atoms with van der Waals surface area (Å²) in [5.74, 6) is 3.04. The smallest absolute Gasteiger partial charge is 0.455 e. The number of para-hydroxylation sites is 2. The number of furan rings is 2. The van der Waals surface area contributed by atoms with Gasteiger partial charge < -0.3 is 18.9 Å². The molecule has 0 amide bonds. The summed E-state index contributed by atoms with van der Waals surface area (Å²) < 4.78 is 13.7. The molecule has 0 bridgehead atoms. The number of hydrogen-bond acceptors (Lipinski definition) is 10. The van der Waals surface area contributed by atoms with Crippen LogP contribution in [0.2, 0.25) is 5.28 Å². The molecule has 2 N–H and O–H groups in total. The first-order valence-corrected chi connectivity index (χ1v) is 34.0. The minimum atomic E-state index is -1.56. The highest BCUT2D eigenvalue weighted by Gasteiger charge is 2.24. The lowest BCUT2D eigenvalue weighted by Crippen LogP contribution is -2.31. The second-order valence-electron chi connectivity index (χ2n) is 25.0. The van der Waals surface area contributed by atoms with Gasteiger partial charge in [0.05, 0.1) is 0 Å². The monoisotopic (exact) mass is 1350 g/mol. The van der Waals surface area contributed by atoms with Crippen molar-refractivity contribution in [1.82, 2.24) is 29.9 Å². The Balaban J connectivity index is 0.000000126. The highest BCUT2D eigenvalue weighted by Crippen LogP contribution is 2.47. The first-order chi connectivity index (χ1) is 50.4. The van der Waals surface area contributed by atoms with Crippen LogP contribution in [0.25, 0.3) is 188 Å². The summed E-state index contributed by atoms with van der Waals surface area (Å²) >= 11 is 5.99. The van der Waals surface area contributed by atoms with Gasteiger partial charge in [-0.15, -0.1) is 0 Å². The molecule has 0 aliphatic heterocycles. The maximum atomic E-state index is 9.96. The molecule has 488 valence electrons. The lowest BCUT2D eigenvalue weighted by Gasteiger charge is -2.12. The van der Waals surface area contributed by atoms with Gasteiger partial charge in [0.1, 0.15) is 22.3 Å². The lowest BCUT2D eigenvalue weighted by molar-refractivity contribution is 0.426. The SMILES string of the molecule is C.Clc1nc(-c2ccccc2)nc(-c2ccccc2)n1.OB(O)c1ccccc1-c1cccc2c1oc1c2ccc2c3ccccc3c3ccccc3c21.c1ccc(-c2nc(-c3ccccc3)nc(-c3ccccc3-c3cccc4c3oc3c4ccc4c5ccccc5c5ccccc5c43)n2)cc1. The Morgan fingerprint density at radius 1 is 0.223 bits per heavy atom. The zero-order valence-corrected chi connectivity index (χ0v) is 55.3. The van der Waals surface area contributed by atoms with Crippen LogP contribution >= 0.6 is 11.6 Å². The number of hydrogen-bond donors (Lipinski definition) is 2. The molecule has 103 heavy (non-hydrogen) atoms. The van der Waals surface area contributed by atoms with Gasteiger partial charge in [-0.1, -0.05) is 323 Å². The van der Waals surface area contributed by atoms with Crippen molar-refractivity contribution in [1.29, 1.82) is 0 Å². The predicted octanol–water partition coefficient (Wildman–Crippen LogP) is 22.8. The molecule has 20 aromatic rings. The van der Waals surface area contributed by atoms with Crippen LogP contribution in [-0.2, 0) is 0 Å². The Labute approximate surface area is 597 Å². The van der Waals surface area contributed by atoms with Gasteiger partial charge in [0, 0.05) is 71.3 Å². The van der Waals surface area contributed by atoms with Gasteiger partial charge in [0.15, 0.2) is 29.1 Å². The van der Waals surface area contributed by atoms with Crippen molar-refractivity contribution in [2.45, 2.75) is 7.43 Å². The van der Waals surface area contributed by atoms with Crippen molar-refractivity contribution in [2.24, 2.45) is 0 Å². The molecule has 0 saturated heterocycles. The molecule has 4 heterocycles. The normalized spacial score (nSPS) is 11.4. The molecule has 0 radical (unpaired) electrons. The second kappa shape index (κ2) is 26.9. The molecular weight excluding hydrogens is 1290 g/mol. The van der Waals surface area contributed by atoms with E-state index in [1.807, 2.05) is 158 Å². The van der Waals surface area contributed by atoms with Crippen LogP contribution in [0, 0.1) is 0 Å². The quantitative estimate of drug-likeness (QED) is 0.111. The van der Waals surface area contributed by atoms with Crippen LogP contribution in [0.4, 0.5) is 0 Å². The highest BCUT2D eigenvalue weighted by molar-refractivity contribution is 6.60. The zero-order valence-electron chi connectivity index (χ0n) is 54.5. The van der Waals surface area contributed by atoms with Crippen LogP contribution in [-0.4, -0.2) is 47.1 Å². The maximum Gasteiger partial charge on any atom is 0.489 e. The first kappa shape index (κ1) is 63.4. The largest absolute Gasteiger partial charge is 0.489 e. The van der Waals surface area contributed by atoms with Crippen molar-refractivity contribution >= 4 is 133 Å². The fourth-order valence-electron chi connectivity index (χ4n) is 14.5. The van der Waals surface area contributed by atoms with E-state index in [1.165, 1.54) is 43.1 Å². The van der Waals surface area contributed by atoms with E-state index in [2.05, 4.69) is 179 Å². The summed E-state index contributed by atoms with van der Waals surface area (Å²) in [5.41, 5.74) is 12.0. The molecular formula is C91H60BClN6O4. The number of rotatable bonds is 8. The standard InChI is InChI=1S/C45H27N3O.C30H19BO3.C15H10ClN3.CH4/c1-3-14-28(15-4-1)43-46-44(29-16-5-2-6-17-29)48-45(47-43)39-23-12-10-21-33(39)36-24-13-25-37-38-27-26-35-32-20-8-7-18-30(32)31-19-9-11-22-34(31)40(35)42(38)49-41(36)37;32-31(33)27-15-6-5-11-21(27)24-13-7-14-25-26-17-16-23-20-10-2-1-8-18(20)19-9-3-4-12-22(19)28(23)30(26)34-29(24)25;16-15-18-13(11-7-3-1-4-8-11)17-14(19-15)12-9-5-2-6-10-12;/h1-27H;1-17,32-33H;1-10H;1H4. The third kappa shape index (κ3) is 11.4. The molecule has 0 spiro atoms. The van der Waals surface area contributed by atoms with Crippen molar-refractivity contribution in [2.75, 3.05) is 0 Å².